The number of hydrogen-bond donors (Lipinski definition) is 1. The zero-order valence-corrected chi connectivity index (χ0v) is 18.2. The molecule has 146 valence electrons. The van der Waals surface area contributed by atoms with Crippen LogP contribution in [0.2, 0.25) is 10.0 Å². The Bertz CT molecular complexity index is 936. The molecular weight excluding hydrogens is 427 g/mol. The molecule has 0 radical (unpaired) electrons. The molecule has 1 N–H and O–H groups in total. The van der Waals surface area contributed by atoms with Crippen LogP contribution < -0.4 is 9.62 Å². The first-order valence-corrected chi connectivity index (χ1v) is 11.9. The molecule has 0 aliphatic heterocycles. The topological polar surface area (TPSA) is 66.5 Å². The van der Waals surface area contributed by atoms with E-state index in [0.29, 0.717) is 10.7 Å². The van der Waals surface area contributed by atoms with Gasteiger partial charge in [-0.1, -0.05) is 36.2 Å². The van der Waals surface area contributed by atoms with E-state index in [-0.39, 0.29) is 17.1 Å². The number of carbonyl (C=O) groups is 1. The predicted molar refractivity (Wildman–Crippen MR) is 115 cm³/mol. The summed E-state index contributed by atoms with van der Waals surface area (Å²) in [6.07, 6.45) is 3.27. The summed E-state index contributed by atoms with van der Waals surface area (Å²) in [5, 5.41) is 3.32. The van der Waals surface area contributed by atoms with E-state index in [4.69, 9.17) is 23.2 Å². The second-order valence-electron chi connectivity index (χ2n) is 5.80. The highest BCUT2D eigenvalue weighted by Gasteiger charge is 2.31. The molecule has 0 bridgehead atoms. The molecule has 0 aliphatic carbocycles. The second-order valence-corrected chi connectivity index (χ2v) is 9.36. The molecular formula is C18H20Cl2N2O3S2. The summed E-state index contributed by atoms with van der Waals surface area (Å²) >= 11 is 13.5. The molecule has 9 heteroatoms. The van der Waals surface area contributed by atoms with E-state index in [0.717, 1.165) is 15.5 Å². The summed E-state index contributed by atoms with van der Waals surface area (Å²) in [5.74, 6) is -0.424. The lowest BCUT2D eigenvalue weighted by Crippen LogP contribution is -2.47. The highest BCUT2D eigenvalue weighted by Crippen LogP contribution is 2.30. The van der Waals surface area contributed by atoms with Gasteiger partial charge in [-0.2, -0.15) is 0 Å². The maximum atomic E-state index is 12.9. The maximum absolute atomic E-state index is 12.9. The van der Waals surface area contributed by atoms with E-state index in [1.165, 1.54) is 18.2 Å². The number of anilines is 2. The molecule has 2 rings (SSSR count). The minimum atomic E-state index is -3.74. The molecule has 0 aromatic heterocycles. The number of hydrogen-bond acceptors (Lipinski definition) is 4. The Hall–Kier alpha value is -1.41. The van der Waals surface area contributed by atoms with E-state index in [2.05, 4.69) is 5.32 Å². The third-order valence-corrected chi connectivity index (χ3v) is 6.47. The van der Waals surface area contributed by atoms with Crippen molar-refractivity contribution in [3.63, 3.8) is 0 Å². The summed E-state index contributed by atoms with van der Waals surface area (Å²) in [6.45, 7) is 1.75. The fourth-order valence-corrected chi connectivity index (χ4v) is 4.56. The van der Waals surface area contributed by atoms with Gasteiger partial charge in [0.25, 0.3) is 0 Å². The number of nitrogens with one attached hydrogen (secondary N) is 1. The summed E-state index contributed by atoms with van der Waals surface area (Å²) in [7, 11) is -3.74. The first kappa shape index (κ1) is 21.9. The van der Waals surface area contributed by atoms with Crippen molar-refractivity contribution in [2.24, 2.45) is 0 Å². The Morgan fingerprint density at radius 3 is 2.44 bits per heavy atom. The lowest BCUT2D eigenvalue weighted by molar-refractivity contribution is -0.117. The van der Waals surface area contributed by atoms with Crippen molar-refractivity contribution in [2.75, 3.05) is 22.1 Å². The predicted octanol–water partition coefficient (Wildman–Crippen LogP) is 4.90. The third kappa shape index (κ3) is 5.54. The molecule has 1 unspecified atom stereocenters. The molecule has 1 atom stereocenters. The SMILES string of the molecule is CCC(C(=O)Nc1cccc(SC)c1)N(c1ccc(Cl)c(Cl)c1)S(C)(=O)=O. The van der Waals surface area contributed by atoms with Crippen molar-refractivity contribution in [3.8, 4) is 0 Å². The van der Waals surface area contributed by atoms with Gasteiger partial charge in [0.05, 0.1) is 22.0 Å². The molecule has 0 spiro atoms. The second kappa shape index (κ2) is 9.19. The number of benzene rings is 2. The van der Waals surface area contributed by atoms with E-state index < -0.39 is 22.0 Å². The Labute approximate surface area is 174 Å². The van der Waals surface area contributed by atoms with Crippen LogP contribution in [-0.4, -0.2) is 32.9 Å². The first-order chi connectivity index (χ1) is 12.7. The number of amides is 1. The van der Waals surface area contributed by atoms with Gasteiger partial charge >= 0.3 is 0 Å². The van der Waals surface area contributed by atoms with Crippen LogP contribution in [-0.2, 0) is 14.8 Å². The molecule has 2 aromatic carbocycles. The van der Waals surface area contributed by atoms with Crippen molar-refractivity contribution < 1.29 is 13.2 Å². The smallest absolute Gasteiger partial charge is 0.248 e. The monoisotopic (exact) mass is 446 g/mol. The van der Waals surface area contributed by atoms with Crippen molar-refractivity contribution in [2.45, 2.75) is 24.3 Å². The molecule has 0 aliphatic rings. The van der Waals surface area contributed by atoms with Gasteiger partial charge in [0, 0.05) is 10.6 Å². The van der Waals surface area contributed by atoms with Crippen molar-refractivity contribution in [3.05, 3.63) is 52.5 Å². The van der Waals surface area contributed by atoms with Crippen LogP contribution >= 0.6 is 35.0 Å². The average molecular weight is 447 g/mol. The van der Waals surface area contributed by atoms with Crippen LogP contribution in [0.3, 0.4) is 0 Å². The third-order valence-electron chi connectivity index (χ3n) is 3.82. The van der Waals surface area contributed by atoms with E-state index >= 15 is 0 Å². The van der Waals surface area contributed by atoms with Gasteiger partial charge in [-0.05, 0) is 49.1 Å². The fraction of sp³-hybridized carbons (Fsp3) is 0.278. The molecule has 0 fully saturated rings. The lowest BCUT2D eigenvalue weighted by Gasteiger charge is -2.30. The minimum absolute atomic E-state index is 0.214. The van der Waals surface area contributed by atoms with Crippen molar-refractivity contribution >= 4 is 62.3 Å². The van der Waals surface area contributed by atoms with Gasteiger partial charge in [-0.3, -0.25) is 9.10 Å². The Kier molecular flexibility index (Phi) is 7.45. The summed E-state index contributed by atoms with van der Waals surface area (Å²) in [6, 6.07) is 10.9. The number of nitrogens with zero attached hydrogens (tertiary/aromatic N) is 1. The Balaban J connectivity index is 2.39. The van der Waals surface area contributed by atoms with E-state index in [1.807, 2.05) is 24.5 Å². The normalized spacial score (nSPS) is 12.5. The molecule has 5 nitrogen and oxygen atoms in total. The summed E-state index contributed by atoms with van der Waals surface area (Å²) < 4.78 is 26.0. The Morgan fingerprint density at radius 1 is 1.19 bits per heavy atom. The maximum Gasteiger partial charge on any atom is 0.248 e. The zero-order valence-electron chi connectivity index (χ0n) is 15.1. The van der Waals surface area contributed by atoms with Crippen LogP contribution in [0.25, 0.3) is 0 Å². The van der Waals surface area contributed by atoms with Crippen LogP contribution in [0, 0.1) is 0 Å². The summed E-state index contributed by atoms with van der Waals surface area (Å²) in [4.78, 5) is 13.9. The number of halogens is 2. The van der Waals surface area contributed by atoms with Gasteiger partial charge in [0.15, 0.2) is 0 Å². The van der Waals surface area contributed by atoms with Gasteiger partial charge in [-0.15, -0.1) is 11.8 Å². The molecule has 0 heterocycles. The van der Waals surface area contributed by atoms with E-state index in [1.54, 1.807) is 24.8 Å². The average Bonchev–Trinajstić information content (AvgIpc) is 2.61. The van der Waals surface area contributed by atoms with E-state index in [9.17, 15) is 13.2 Å². The van der Waals surface area contributed by atoms with Crippen molar-refractivity contribution in [1.29, 1.82) is 0 Å². The summed E-state index contributed by atoms with van der Waals surface area (Å²) in [5.41, 5.74) is 0.889. The first-order valence-electron chi connectivity index (χ1n) is 8.06. The van der Waals surface area contributed by atoms with Crippen LogP contribution in [0.1, 0.15) is 13.3 Å². The number of rotatable bonds is 7. The highest BCUT2D eigenvalue weighted by molar-refractivity contribution is 7.98. The largest absolute Gasteiger partial charge is 0.324 e. The van der Waals surface area contributed by atoms with Gasteiger partial charge in [-0.25, -0.2) is 8.42 Å². The standard InChI is InChI=1S/C18H20Cl2N2O3S2/c1-4-17(18(23)21-12-6-5-7-14(10-12)26-2)22(27(3,24)25)13-8-9-15(19)16(20)11-13/h5-11,17H,4H2,1-3H3,(H,21,23). The van der Waals surface area contributed by atoms with Gasteiger partial charge < -0.3 is 5.32 Å². The number of sulfonamides is 1. The zero-order chi connectivity index (χ0) is 20.2. The number of thioether (sulfide) groups is 1. The van der Waals surface area contributed by atoms with Gasteiger partial charge in [0.2, 0.25) is 15.9 Å². The van der Waals surface area contributed by atoms with Gasteiger partial charge in [0.1, 0.15) is 6.04 Å². The highest BCUT2D eigenvalue weighted by atomic mass is 35.5. The molecule has 27 heavy (non-hydrogen) atoms. The molecule has 0 saturated carbocycles. The molecule has 1 amide bonds. The van der Waals surface area contributed by atoms with Crippen LogP contribution in [0.5, 0.6) is 0 Å². The minimum Gasteiger partial charge on any atom is -0.324 e. The Morgan fingerprint density at radius 2 is 1.89 bits per heavy atom. The van der Waals surface area contributed by atoms with Crippen LogP contribution in [0.4, 0.5) is 11.4 Å². The fourth-order valence-electron chi connectivity index (χ4n) is 2.61. The number of carbonyl (C=O) groups excluding carboxylic acids is 1. The lowest BCUT2D eigenvalue weighted by atomic mass is 10.2. The van der Waals surface area contributed by atoms with Crippen molar-refractivity contribution in [1.82, 2.24) is 0 Å². The molecule has 2 aromatic rings. The molecule has 0 saturated heterocycles. The van der Waals surface area contributed by atoms with Crippen LogP contribution in [0.15, 0.2) is 47.4 Å². The quantitative estimate of drug-likeness (QED) is 0.614.